The van der Waals surface area contributed by atoms with Crippen LogP contribution in [-0.4, -0.2) is 31.5 Å². The van der Waals surface area contributed by atoms with Crippen LogP contribution in [0.1, 0.15) is 57.1 Å². The van der Waals surface area contributed by atoms with Crippen LogP contribution >= 0.6 is 0 Å². The highest BCUT2D eigenvalue weighted by Gasteiger charge is 2.57. The molecule has 5 atom stereocenters. The van der Waals surface area contributed by atoms with E-state index in [4.69, 9.17) is 4.74 Å². The van der Waals surface area contributed by atoms with Gasteiger partial charge >= 0.3 is 6.18 Å². The standard InChI is InChI=1S/C28H33F3N2O4S/c1-17-7-9-23(10-8-17)38(35,36)33-27-14-18-11-19(15-27)24(20(12-18)16-27)32-25(34)26(2,3)37-22-6-4-5-21(13-22)28(29,30)31/h4-10,13,18-20,24,33H,11-12,14-16H2,1-3H3,(H,32,34)/t18?,19-,20+,24?,27?. The minimum atomic E-state index is -4.51. The van der Waals surface area contributed by atoms with Gasteiger partial charge < -0.3 is 10.1 Å². The molecule has 2 N–H and O–H groups in total. The average molecular weight is 551 g/mol. The Morgan fingerprint density at radius 3 is 2.24 bits per heavy atom. The van der Waals surface area contributed by atoms with Crippen LogP contribution in [0.3, 0.4) is 0 Å². The molecule has 0 radical (unpaired) electrons. The summed E-state index contributed by atoms with van der Waals surface area (Å²) in [5.74, 6) is 0.164. The molecule has 6 rings (SSSR count). The smallest absolute Gasteiger partial charge is 0.416 e. The normalized spacial score (nSPS) is 28.8. The summed E-state index contributed by atoms with van der Waals surface area (Å²) in [6, 6.07) is 11.2. The first-order valence-electron chi connectivity index (χ1n) is 12.9. The van der Waals surface area contributed by atoms with E-state index in [1.165, 1.54) is 26.0 Å². The van der Waals surface area contributed by atoms with E-state index in [2.05, 4.69) is 10.0 Å². The van der Waals surface area contributed by atoms with Crippen LogP contribution in [0, 0.1) is 24.7 Å². The van der Waals surface area contributed by atoms with Gasteiger partial charge in [0.2, 0.25) is 10.0 Å². The lowest BCUT2D eigenvalue weighted by Gasteiger charge is -2.60. The maximum Gasteiger partial charge on any atom is 0.416 e. The van der Waals surface area contributed by atoms with Crippen molar-refractivity contribution in [2.45, 2.75) is 81.1 Å². The van der Waals surface area contributed by atoms with Crippen LogP contribution in [-0.2, 0) is 21.0 Å². The largest absolute Gasteiger partial charge is 0.478 e. The molecule has 4 fully saturated rings. The molecule has 0 spiro atoms. The highest BCUT2D eigenvalue weighted by atomic mass is 32.2. The van der Waals surface area contributed by atoms with Crippen molar-refractivity contribution in [2.75, 3.05) is 0 Å². The lowest BCUT2D eigenvalue weighted by molar-refractivity contribution is -0.139. The quantitative estimate of drug-likeness (QED) is 0.496. The number of aryl methyl sites for hydroxylation is 1. The topological polar surface area (TPSA) is 84.5 Å². The predicted molar refractivity (Wildman–Crippen MR) is 136 cm³/mol. The van der Waals surface area contributed by atoms with E-state index in [1.807, 2.05) is 6.92 Å². The summed E-state index contributed by atoms with van der Waals surface area (Å²) >= 11 is 0. The number of halogens is 3. The molecule has 10 heteroatoms. The zero-order valence-electron chi connectivity index (χ0n) is 21.6. The van der Waals surface area contributed by atoms with E-state index >= 15 is 0 Å². The van der Waals surface area contributed by atoms with Gasteiger partial charge in [-0.3, -0.25) is 4.79 Å². The summed E-state index contributed by atoms with van der Waals surface area (Å²) in [5.41, 5.74) is -1.79. The summed E-state index contributed by atoms with van der Waals surface area (Å²) in [4.78, 5) is 13.5. The van der Waals surface area contributed by atoms with Crippen molar-refractivity contribution < 1.29 is 31.1 Å². The number of hydrogen-bond donors (Lipinski definition) is 2. The average Bonchev–Trinajstić information content (AvgIpc) is 2.80. The van der Waals surface area contributed by atoms with E-state index in [0.29, 0.717) is 18.8 Å². The number of alkyl halides is 3. The number of carbonyl (C=O) groups is 1. The van der Waals surface area contributed by atoms with Crippen LogP contribution in [0.25, 0.3) is 0 Å². The second-order valence-corrected chi connectivity index (χ2v) is 13.5. The highest BCUT2D eigenvalue weighted by molar-refractivity contribution is 7.89. The fourth-order valence-corrected chi connectivity index (χ4v) is 8.28. The van der Waals surface area contributed by atoms with Gasteiger partial charge in [-0.1, -0.05) is 23.8 Å². The first-order chi connectivity index (χ1) is 17.7. The Bertz CT molecular complexity index is 1310. The number of nitrogens with one attached hydrogen (secondary N) is 2. The van der Waals surface area contributed by atoms with Gasteiger partial charge in [0.15, 0.2) is 5.60 Å². The molecule has 38 heavy (non-hydrogen) atoms. The summed E-state index contributed by atoms with van der Waals surface area (Å²) < 4.78 is 74.5. The number of amides is 1. The molecule has 3 unspecified atom stereocenters. The van der Waals surface area contributed by atoms with Gasteiger partial charge in [-0.05, 0) is 101 Å². The van der Waals surface area contributed by atoms with Gasteiger partial charge in [0.05, 0.1) is 10.5 Å². The third kappa shape index (κ3) is 5.30. The summed E-state index contributed by atoms with van der Waals surface area (Å²) in [6.45, 7) is 4.98. The molecule has 4 aliphatic carbocycles. The third-order valence-corrected chi connectivity index (χ3v) is 9.93. The molecule has 206 valence electrons. The molecule has 1 amide bonds. The lowest BCUT2D eigenvalue weighted by Crippen LogP contribution is -2.67. The van der Waals surface area contributed by atoms with E-state index in [9.17, 15) is 26.4 Å². The Kier molecular flexibility index (Phi) is 6.58. The number of rotatable bonds is 7. The van der Waals surface area contributed by atoms with Gasteiger partial charge in [-0.2, -0.15) is 13.2 Å². The van der Waals surface area contributed by atoms with Crippen LogP contribution in [0.2, 0.25) is 0 Å². The van der Waals surface area contributed by atoms with Crippen LogP contribution < -0.4 is 14.8 Å². The lowest BCUT2D eigenvalue weighted by atomic mass is 9.51. The first-order valence-corrected chi connectivity index (χ1v) is 14.4. The predicted octanol–water partition coefficient (Wildman–Crippen LogP) is 5.21. The number of sulfonamides is 1. The maximum atomic E-state index is 13.3. The Hall–Kier alpha value is -2.59. The van der Waals surface area contributed by atoms with E-state index in [1.54, 1.807) is 24.3 Å². The van der Waals surface area contributed by atoms with Crippen molar-refractivity contribution in [3.8, 4) is 5.75 Å². The summed E-state index contributed by atoms with van der Waals surface area (Å²) in [5, 5.41) is 3.12. The number of hydrogen-bond acceptors (Lipinski definition) is 4. The van der Waals surface area contributed by atoms with E-state index in [0.717, 1.165) is 37.0 Å². The Morgan fingerprint density at radius 2 is 1.63 bits per heavy atom. The number of ether oxygens (including phenoxy) is 1. The maximum absolute atomic E-state index is 13.3. The molecular formula is C28H33F3N2O4S. The summed E-state index contributed by atoms with van der Waals surface area (Å²) in [6.07, 6.45) is -0.649. The highest BCUT2D eigenvalue weighted by Crippen LogP contribution is 2.56. The molecule has 0 aliphatic heterocycles. The third-order valence-electron chi connectivity index (χ3n) is 8.33. The van der Waals surface area contributed by atoms with Gasteiger partial charge in [-0.15, -0.1) is 0 Å². The van der Waals surface area contributed by atoms with Crippen LogP contribution in [0.4, 0.5) is 13.2 Å². The second kappa shape index (κ2) is 9.26. The molecule has 2 aromatic carbocycles. The van der Waals surface area contributed by atoms with Crippen molar-refractivity contribution in [2.24, 2.45) is 17.8 Å². The van der Waals surface area contributed by atoms with Crippen molar-refractivity contribution in [1.82, 2.24) is 10.0 Å². The van der Waals surface area contributed by atoms with Gasteiger partial charge in [0, 0.05) is 11.6 Å². The fourth-order valence-electron chi connectivity index (χ4n) is 6.85. The Labute approximate surface area is 221 Å². The first kappa shape index (κ1) is 27.0. The molecule has 6 nitrogen and oxygen atoms in total. The second-order valence-electron chi connectivity index (χ2n) is 11.8. The van der Waals surface area contributed by atoms with Gasteiger partial charge in [-0.25, -0.2) is 13.1 Å². The van der Waals surface area contributed by atoms with Crippen molar-refractivity contribution in [1.29, 1.82) is 0 Å². The van der Waals surface area contributed by atoms with Gasteiger partial charge in [0.1, 0.15) is 5.75 Å². The summed E-state index contributed by atoms with van der Waals surface area (Å²) in [7, 11) is -3.69. The zero-order valence-corrected chi connectivity index (χ0v) is 22.5. The molecule has 4 aliphatic rings. The number of carbonyl (C=O) groups excluding carboxylic acids is 1. The minimum Gasteiger partial charge on any atom is -0.478 e. The Morgan fingerprint density at radius 1 is 1.00 bits per heavy atom. The number of benzene rings is 2. The molecule has 4 bridgehead atoms. The van der Waals surface area contributed by atoms with Crippen molar-refractivity contribution >= 4 is 15.9 Å². The molecular weight excluding hydrogens is 517 g/mol. The molecule has 2 aromatic rings. The van der Waals surface area contributed by atoms with E-state index < -0.39 is 38.8 Å². The minimum absolute atomic E-state index is 0.0328. The monoisotopic (exact) mass is 550 g/mol. The van der Waals surface area contributed by atoms with Crippen LogP contribution in [0.5, 0.6) is 5.75 Å². The van der Waals surface area contributed by atoms with Crippen molar-refractivity contribution in [3.63, 3.8) is 0 Å². The fraction of sp³-hybridized carbons (Fsp3) is 0.536. The molecule has 4 saturated carbocycles. The molecule has 0 heterocycles. The Balaban J connectivity index is 1.28. The molecule has 0 aromatic heterocycles. The molecule has 0 saturated heterocycles. The van der Waals surface area contributed by atoms with Crippen LogP contribution in [0.15, 0.2) is 53.4 Å². The van der Waals surface area contributed by atoms with Crippen molar-refractivity contribution in [3.05, 3.63) is 59.7 Å². The van der Waals surface area contributed by atoms with E-state index in [-0.39, 0.29) is 28.5 Å². The zero-order chi connectivity index (χ0) is 27.5. The van der Waals surface area contributed by atoms with Gasteiger partial charge in [0.25, 0.3) is 5.91 Å². The SMILES string of the molecule is Cc1ccc(S(=O)(=O)NC23CC4C[C@H](C2)C(NC(=O)C(C)(C)Oc2cccc(C(F)(F)F)c2)[C@@H](C4)C3)cc1.